The molecule has 28 heavy (non-hydrogen) atoms. The lowest BCUT2D eigenvalue weighted by Gasteiger charge is -2.02. The van der Waals surface area contributed by atoms with E-state index in [0.29, 0.717) is 17.9 Å². The van der Waals surface area contributed by atoms with Crippen molar-refractivity contribution in [3.8, 4) is 17.0 Å². The molecule has 2 aromatic carbocycles. The maximum Gasteiger partial charge on any atom is 0.289 e. The summed E-state index contributed by atoms with van der Waals surface area (Å²) < 4.78 is 5.40. The van der Waals surface area contributed by atoms with Crippen molar-refractivity contribution >= 4 is 17.8 Å². The highest BCUT2D eigenvalue weighted by Crippen LogP contribution is 2.21. The number of hydrogen-bond acceptors (Lipinski definition) is 6. The zero-order chi connectivity index (χ0) is 19.9. The average Bonchev–Trinajstić information content (AvgIpc) is 3.19. The molecule has 0 fully saturated rings. The topological polar surface area (TPSA) is 123 Å². The van der Waals surface area contributed by atoms with Crippen LogP contribution in [-0.4, -0.2) is 33.8 Å². The molecule has 9 nitrogen and oxygen atoms in total. The van der Waals surface area contributed by atoms with Gasteiger partial charge in [-0.15, -0.1) is 0 Å². The van der Waals surface area contributed by atoms with Crippen LogP contribution in [-0.2, 0) is 0 Å². The van der Waals surface area contributed by atoms with Crippen LogP contribution in [0.5, 0.6) is 5.75 Å². The standard InChI is InChI=1S/C19H17N5O4/c1-2-28-16-9-5-14(6-10-16)17-11-18(22-21-17)19(25)23-20-12-13-3-7-15(8-4-13)24(26)27/h3-12H,2H2,1H3,(H,21,22)(H,23,25)/b20-12-. The predicted molar refractivity (Wildman–Crippen MR) is 103 cm³/mol. The summed E-state index contributed by atoms with van der Waals surface area (Å²) in [7, 11) is 0. The quantitative estimate of drug-likeness (QED) is 0.371. The van der Waals surface area contributed by atoms with E-state index in [9.17, 15) is 14.9 Å². The Labute approximate surface area is 160 Å². The van der Waals surface area contributed by atoms with Crippen LogP contribution in [0.1, 0.15) is 23.0 Å². The second-order valence-electron chi connectivity index (χ2n) is 5.67. The molecule has 9 heteroatoms. The lowest BCUT2D eigenvalue weighted by molar-refractivity contribution is -0.384. The van der Waals surface area contributed by atoms with Crippen LogP contribution >= 0.6 is 0 Å². The minimum absolute atomic E-state index is 0.0135. The second kappa shape index (κ2) is 8.58. The number of nitro groups is 1. The van der Waals surface area contributed by atoms with E-state index in [1.807, 2.05) is 31.2 Å². The van der Waals surface area contributed by atoms with Crippen LogP contribution in [0, 0.1) is 10.1 Å². The number of benzene rings is 2. The molecule has 0 radical (unpaired) electrons. The molecule has 0 spiro atoms. The van der Waals surface area contributed by atoms with Crippen molar-refractivity contribution in [3.63, 3.8) is 0 Å². The van der Waals surface area contributed by atoms with Gasteiger partial charge in [-0.3, -0.25) is 20.0 Å². The lowest BCUT2D eigenvalue weighted by Crippen LogP contribution is -2.17. The number of non-ortho nitro benzene ring substituents is 1. The molecule has 1 amide bonds. The Balaban J connectivity index is 1.61. The van der Waals surface area contributed by atoms with Gasteiger partial charge in [-0.25, -0.2) is 5.43 Å². The van der Waals surface area contributed by atoms with E-state index in [1.165, 1.54) is 30.5 Å². The van der Waals surface area contributed by atoms with Crippen molar-refractivity contribution in [2.24, 2.45) is 5.10 Å². The number of H-pyrrole nitrogens is 1. The first kappa shape index (κ1) is 18.8. The third kappa shape index (κ3) is 4.58. The summed E-state index contributed by atoms with van der Waals surface area (Å²) in [5, 5.41) is 21.3. The van der Waals surface area contributed by atoms with Crippen molar-refractivity contribution in [2.45, 2.75) is 6.92 Å². The number of carbonyl (C=O) groups excluding carboxylic acids is 1. The zero-order valence-corrected chi connectivity index (χ0v) is 15.0. The van der Waals surface area contributed by atoms with E-state index in [4.69, 9.17) is 4.74 Å². The number of ether oxygens (including phenoxy) is 1. The van der Waals surface area contributed by atoms with Crippen LogP contribution in [0.2, 0.25) is 0 Å². The van der Waals surface area contributed by atoms with Gasteiger partial charge in [0.2, 0.25) is 0 Å². The average molecular weight is 379 g/mol. The Bertz CT molecular complexity index is 994. The number of hydrazone groups is 1. The number of rotatable bonds is 7. The molecule has 1 heterocycles. The largest absolute Gasteiger partial charge is 0.494 e. The highest BCUT2D eigenvalue weighted by Gasteiger charge is 2.10. The number of amides is 1. The van der Waals surface area contributed by atoms with Crippen LogP contribution in [0.15, 0.2) is 59.7 Å². The van der Waals surface area contributed by atoms with Gasteiger partial charge < -0.3 is 4.74 Å². The number of nitrogens with zero attached hydrogens (tertiary/aromatic N) is 3. The summed E-state index contributed by atoms with van der Waals surface area (Å²) >= 11 is 0. The van der Waals surface area contributed by atoms with Crippen molar-refractivity contribution in [1.29, 1.82) is 0 Å². The molecule has 142 valence electrons. The van der Waals surface area contributed by atoms with Gasteiger partial charge in [0.05, 0.1) is 23.4 Å². The van der Waals surface area contributed by atoms with Crippen molar-refractivity contribution in [3.05, 3.63) is 76.0 Å². The van der Waals surface area contributed by atoms with E-state index in [2.05, 4.69) is 20.7 Å². The Hall–Kier alpha value is -4.01. The van der Waals surface area contributed by atoms with Gasteiger partial charge in [0.1, 0.15) is 11.4 Å². The smallest absolute Gasteiger partial charge is 0.289 e. The van der Waals surface area contributed by atoms with E-state index in [1.54, 1.807) is 6.07 Å². The number of nitro benzene ring substituents is 1. The fraction of sp³-hybridized carbons (Fsp3) is 0.105. The molecule has 3 rings (SSSR count). The summed E-state index contributed by atoms with van der Waals surface area (Å²) in [5.41, 5.74) is 4.70. The molecule has 2 N–H and O–H groups in total. The van der Waals surface area contributed by atoms with E-state index < -0.39 is 10.8 Å². The maximum atomic E-state index is 12.2. The molecule has 0 unspecified atom stereocenters. The summed E-state index contributed by atoms with van der Waals surface area (Å²) in [5.74, 6) is 0.309. The fourth-order valence-electron chi connectivity index (χ4n) is 2.38. The van der Waals surface area contributed by atoms with Crippen molar-refractivity contribution in [1.82, 2.24) is 15.6 Å². The van der Waals surface area contributed by atoms with Crippen LogP contribution < -0.4 is 10.2 Å². The van der Waals surface area contributed by atoms with Crippen molar-refractivity contribution in [2.75, 3.05) is 6.61 Å². The molecule has 0 bridgehead atoms. The number of aromatic nitrogens is 2. The van der Waals surface area contributed by atoms with Crippen LogP contribution in [0.25, 0.3) is 11.3 Å². The summed E-state index contributed by atoms with van der Waals surface area (Å²) in [6, 6.07) is 14.8. The highest BCUT2D eigenvalue weighted by molar-refractivity contribution is 5.94. The fourth-order valence-corrected chi connectivity index (χ4v) is 2.38. The number of aromatic amines is 1. The molecule has 0 atom stereocenters. The Kier molecular flexibility index (Phi) is 5.75. The van der Waals surface area contributed by atoms with Crippen LogP contribution in [0.4, 0.5) is 5.69 Å². The van der Waals surface area contributed by atoms with Gasteiger partial charge in [-0.05, 0) is 55.0 Å². The van der Waals surface area contributed by atoms with Gasteiger partial charge in [0.15, 0.2) is 0 Å². The number of nitrogens with one attached hydrogen (secondary N) is 2. The highest BCUT2D eigenvalue weighted by atomic mass is 16.6. The first-order valence-corrected chi connectivity index (χ1v) is 8.43. The van der Waals surface area contributed by atoms with Crippen molar-refractivity contribution < 1.29 is 14.5 Å². The molecule has 0 saturated heterocycles. The van der Waals surface area contributed by atoms with E-state index in [0.717, 1.165) is 11.3 Å². The maximum absolute atomic E-state index is 12.2. The minimum atomic E-state index is -0.483. The molecule has 1 aromatic heterocycles. The first-order chi connectivity index (χ1) is 13.6. The van der Waals surface area contributed by atoms with Gasteiger partial charge in [-0.1, -0.05) is 0 Å². The van der Waals surface area contributed by atoms with Gasteiger partial charge in [-0.2, -0.15) is 10.2 Å². The van der Waals surface area contributed by atoms with Gasteiger partial charge >= 0.3 is 0 Å². The third-order valence-electron chi connectivity index (χ3n) is 3.77. The molecule has 0 aliphatic carbocycles. The Morgan fingerprint density at radius 1 is 1.25 bits per heavy atom. The summed E-state index contributed by atoms with van der Waals surface area (Å²) in [4.78, 5) is 22.3. The SMILES string of the molecule is CCOc1ccc(-c2cc(C(=O)N/N=C\c3ccc([N+](=O)[O-])cc3)[nH]n2)cc1. The Morgan fingerprint density at radius 3 is 2.61 bits per heavy atom. The third-order valence-corrected chi connectivity index (χ3v) is 3.77. The number of hydrogen-bond donors (Lipinski definition) is 2. The summed E-state index contributed by atoms with van der Waals surface area (Å²) in [6.45, 7) is 2.50. The van der Waals surface area contributed by atoms with Crippen LogP contribution in [0.3, 0.4) is 0 Å². The second-order valence-corrected chi connectivity index (χ2v) is 5.67. The lowest BCUT2D eigenvalue weighted by atomic mass is 10.1. The van der Waals surface area contributed by atoms with E-state index >= 15 is 0 Å². The first-order valence-electron chi connectivity index (χ1n) is 8.43. The molecular formula is C19H17N5O4. The summed E-state index contributed by atoms with van der Waals surface area (Å²) in [6.07, 6.45) is 1.39. The van der Waals surface area contributed by atoms with Gasteiger partial charge in [0, 0.05) is 17.7 Å². The monoisotopic (exact) mass is 379 g/mol. The number of carbonyl (C=O) groups is 1. The molecule has 0 aliphatic rings. The normalized spacial score (nSPS) is 10.8. The zero-order valence-electron chi connectivity index (χ0n) is 15.0. The van der Waals surface area contributed by atoms with Gasteiger partial charge in [0.25, 0.3) is 11.6 Å². The molecule has 0 saturated carbocycles. The minimum Gasteiger partial charge on any atom is -0.494 e. The van der Waals surface area contributed by atoms with E-state index in [-0.39, 0.29) is 11.4 Å². The molecular weight excluding hydrogens is 362 g/mol. The molecule has 3 aromatic rings. The predicted octanol–water partition coefficient (Wildman–Crippen LogP) is 3.15. The molecule has 0 aliphatic heterocycles. The Morgan fingerprint density at radius 2 is 1.96 bits per heavy atom.